The van der Waals surface area contributed by atoms with E-state index in [1.807, 2.05) is 0 Å². The van der Waals surface area contributed by atoms with Crippen LogP contribution in [0.5, 0.6) is 0 Å². The molecule has 1 atom stereocenters. The molecule has 0 bridgehead atoms. The Kier molecular flexibility index (Phi) is 2.36. The lowest BCUT2D eigenvalue weighted by Gasteiger charge is -2.23. The summed E-state index contributed by atoms with van der Waals surface area (Å²) in [5.41, 5.74) is 5.41. The monoisotopic (exact) mass is 189 g/mol. The average molecular weight is 189 g/mol. The minimum Gasteiger partial charge on any atom is -0.495 e. The van der Waals surface area contributed by atoms with E-state index in [9.17, 15) is 13.6 Å². The molecular formula is C8H9F2NO2. The quantitative estimate of drug-likeness (QED) is 0.654. The van der Waals surface area contributed by atoms with Crippen molar-refractivity contribution in [3.8, 4) is 0 Å². The zero-order valence-corrected chi connectivity index (χ0v) is 6.96. The van der Waals surface area contributed by atoms with Gasteiger partial charge in [0.2, 0.25) is 0 Å². The number of halogens is 2. The Morgan fingerprint density at radius 2 is 2.31 bits per heavy atom. The third-order valence-corrected chi connectivity index (χ3v) is 1.78. The van der Waals surface area contributed by atoms with Crippen LogP contribution in [0.15, 0.2) is 23.6 Å². The molecule has 0 heterocycles. The molecular weight excluding hydrogens is 180 g/mol. The lowest BCUT2D eigenvalue weighted by molar-refractivity contribution is -0.117. The van der Waals surface area contributed by atoms with Gasteiger partial charge >= 0.3 is 0 Å². The van der Waals surface area contributed by atoms with Crippen molar-refractivity contribution in [3.05, 3.63) is 23.6 Å². The maximum atomic E-state index is 13.0. The summed E-state index contributed by atoms with van der Waals surface area (Å²) in [7, 11) is 1.24. The van der Waals surface area contributed by atoms with E-state index in [4.69, 9.17) is 5.73 Å². The van der Waals surface area contributed by atoms with Crippen molar-refractivity contribution < 1.29 is 18.3 Å². The Hall–Kier alpha value is -1.39. The van der Waals surface area contributed by atoms with E-state index >= 15 is 0 Å². The van der Waals surface area contributed by atoms with Crippen molar-refractivity contribution in [2.75, 3.05) is 7.11 Å². The molecule has 72 valence electrons. The number of methoxy groups -OCH3 is 1. The van der Waals surface area contributed by atoms with Crippen LogP contribution < -0.4 is 5.73 Å². The van der Waals surface area contributed by atoms with Gasteiger partial charge in [0.25, 0.3) is 5.92 Å². The van der Waals surface area contributed by atoms with Crippen LogP contribution in [0.2, 0.25) is 0 Å². The number of allylic oxidation sites excluding steroid dienone is 2. The van der Waals surface area contributed by atoms with Gasteiger partial charge in [-0.05, 0) is 6.08 Å². The number of nitrogens with two attached hydrogens (primary N) is 1. The average Bonchev–Trinajstić information content (AvgIpc) is 2.08. The SMILES string of the molecule is COC1=CC(F)(F)C(C=O)C=C1N. The fraction of sp³-hybridized carbons (Fsp3) is 0.375. The molecule has 0 aromatic carbocycles. The first-order valence-electron chi connectivity index (χ1n) is 3.59. The second-order valence-electron chi connectivity index (χ2n) is 2.67. The third kappa shape index (κ3) is 1.68. The van der Waals surface area contributed by atoms with Gasteiger partial charge < -0.3 is 15.3 Å². The first-order valence-corrected chi connectivity index (χ1v) is 3.59. The van der Waals surface area contributed by atoms with E-state index in [0.29, 0.717) is 6.08 Å². The minimum absolute atomic E-state index is 0.0607. The summed E-state index contributed by atoms with van der Waals surface area (Å²) >= 11 is 0. The molecule has 1 aliphatic carbocycles. The summed E-state index contributed by atoms with van der Waals surface area (Å²) in [6.45, 7) is 0. The predicted octanol–water partition coefficient (Wildman–Crippen LogP) is 0.823. The van der Waals surface area contributed by atoms with E-state index < -0.39 is 11.8 Å². The van der Waals surface area contributed by atoms with E-state index in [1.54, 1.807) is 0 Å². The highest BCUT2D eigenvalue weighted by molar-refractivity contribution is 5.61. The lowest BCUT2D eigenvalue weighted by atomic mass is 9.96. The number of alkyl halides is 2. The molecule has 2 N–H and O–H groups in total. The third-order valence-electron chi connectivity index (χ3n) is 1.78. The van der Waals surface area contributed by atoms with Crippen molar-refractivity contribution in [1.82, 2.24) is 0 Å². The van der Waals surface area contributed by atoms with Gasteiger partial charge in [0.15, 0.2) is 0 Å². The Bertz CT molecular complexity index is 284. The second-order valence-corrected chi connectivity index (χ2v) is 2.67. The number of rotatable bonds is 2. The molecule has 1 rings (SSSR count). The number of ether oxygens (including phenoxy) is 1. The van der Waals surface area contributed by atoms with Crippen LogP contribution in [-0.2, 0) is 9.53 Å². The largest absolute Gasteiger partial charge is 0.495 e. The Balaban J connectivity index is 3.04. The molecule has 0 radical (unpaired) electrons. The van der Waals surface area contributed by atoms with Crippen molar-refractivity contribution in [3.63, 3.8) is 0 Å². The van der Waals surface area contributed by atoms with E-state index in [2.05, 4.69) is 4.74 Å². The van der Waals surface area contributed by atoms with Crippen molar-refractivity contribution in [2.45, 2.75) is 5.92 Å². The molecule has 3 nitrogen and oxygen atoms in total. The van der Waals surface area contributed by atoms with Crippen LogP contribution in [0.1, 0.15) is 0 Å². The standard InChI is InChI=1S/C8H9F2NO2/c1-13-7-3-8(9,10)5(4-12)2-6(7)11/h2-5H,11H2,1H3. The predicted molar refractivity (Wildman–Crippen MR) is 41.9 cm³/mol. The summed E-state index contributed by atoms with van der Waals surface area (Å²) in [6.07, 6.45) is 1.71. The molecule has 0 amide bonds. The summed E-state index contributed by atoms with van der Waals surface area (Å²) < 4.78 is 30.6. The smallest absolute Gasteiger partial charge is 0.283 e. The summed E-state index contributed by atoms with van der Waals surface area (Å²) in [4.78, 5) is 10.3. The first-order chi connectivity index (χ1) is 6.01. The van der Waals surface area contributed by atoms with Gasteiger partial charge in [-0.3, -0.25) is 0 Å². The van der Waals surface area contributed by atoms with Crippen molar-refractivity contribution in [1.29, 1.82) is 0 Å². The van der Waals surface area contributed by atoms with Gasteiger partial charge in [-0.1, -0.05) is 0 Å². The number of hydrogen-bond donors (Lipinski definition) is 1. The Morgan fingerprint density at radius 3 is 2.77 bits per heavy atom. The fourth-order valence-corrected chi connectivity index (χ4v) is 1.05. The van der Waals surface area contributed by atoms with Gasteiger partial charge in [0.1, 0.15) is 18.0 Å². The topological polar surface area (TPSA) is 52.3 Å². The summed E-state index contributed by atoms with van der Waals surface area (Å²) in [5, 5.41) is 0. The zero-order chi connectivity index (χ0) is 10.1. The van der Waals surface area contributed by atoms with Crippen LogP contribution in [0.3, 0.4) is 0 Å². The Morgan fingerprint density at radius 1 is 1.69 bits per heavy atom. The maximum Gasteiger partial charge on any atom is 0.283 e. The zero-order valence-electron chi connectivity index (χ0n) is 6.96. The van der Waals surface area contributed by atoms with Crippen LogP contribution in [0, 0.1) is 5.92 Å². The molecule has 0 aromatic rings. The molecule has 1 aliphatic rings. The maximum absolute atomic E-state index is 13.0. The summed E-state index contributed by atoms with van der Waals surface area (Å²) in [5.74, 6) is -4.80. The minimum atomic E-state index is -3.21. The fourth-order valence-electron chi connectivity index (χ4n) is 1.05. The number of hydrogen-bond acceptors (Lipinski definition) is 3. The van der Waals surface area contributed by atoms with Crippen LogP contribution >= 0.6 is 0 Å². The van der Waals surface area contributed by atoms with Gasteiger partial charge in [-0.15, -0.1) is 0 Å². The van der Waals surface area contributed by atoms with Crippen LogP contribution in [0.25, 0.3) is 0 Å². The second kappa shape index (κ2) is 3.16. The van der Waals surface area contributed by atoms with Gasteiger partial charge in [0, 0.05) is 6.08 Å². The van der Waals surface area contributed by atoms with E-state index in [1.165, 1.54) is 7.11 Å². The number of carbonyl (C=O) groups is 1. The first kappa shape index (κ1) is 9.70. The van der Waals surface area contributed by atoms with Gasteiger partial charge in [-0.2, -0.15) is 0 Å². The highest BCUT2D eigenvalue weighted by Crippen LogP contribution is 2.33. The van der Waals surface area contributed by atoms with Crippen LogP contribution in [0.4, 0.5) is 8.78 Å². The Labute approximate surface area is 73.9 Å². The highest BCUT2D eigenvalue weighted by atomic mass is 19.3. The number of carbonyl (C=O) groups excluding carboxylic acids is 1. The van der Waals surface area contributed by atoms with E-state index in [0.717, 1.165) is 6.08 Å². The molecule has 0 saturated heterocycles. The molecule has 0 spiro atoms. The lowest BCUT2D eigenvalue weighted by Crippen LogP contribution is -2.31. The number of aldehydes is 1. The molecule has 1 unspecified atom stereocenters. The molecule has 0 aliphatic heterocycles. The summed E-state index contributed by atoms with van der Waals surface area (Å²) in [6, 6.07) is 0. The highest BCUT2D eigenvalue weighted by Gasteiger charge is 2.40. The molecule has 5 heteroatoms. The molecule has 0 fully saturated rings. The molecule has 0 aromatic heterocycles. The van der Waals surface area contributed by atoms with E-state index in [-0.39, 0.29) is 17.7 Å². The molecule has 0 saturated carbocycles. The normalized spacial score (nSPS) is 25.9. The van der Waals surface area contributed by atoms with Gasteiger partial charge in [-0.25, -0.2) is 8.78 Å². The van der Waals surface area contributed by atoms with Gasteiger partial charge in [0.05, 0.1) is 12.8 Å². The van der Waals surface area contributed by atoms with Crippen molar-refractivity contribution in [2.24, 2.45) is 11.7 Å². The van der Waals surface area contributed by atoms with Crippen molar-refractivity contribution >= 4 is 6.29 Å². The molecule has 13 heavy (non-hydrogen) atoms. The van der Waals surface area contributed by atoms with Crippen LogP contribution in [-0.4, -0.2) is 19.3 Å².